The highest BCUT2D eigenvalue weighted by Crippen LogP contribution is 2.17. The Balaban J connectivity index is 1.94. The van der Waals surface area contributed by atoms with Crippen LogP contribution in [-0.2, 0) is 14.3 Å². The average molecular weight is 242 g/mol. The molecule has 1 unspecified atom stereocenters. The molecule has 17 heavy (non-hydrogen) atoms. The zero-order valence-electron chi connectivity index (χ0n) is 9.29. The molecule has 0 aliphatic carbocycles. The van der Waals surface area contributed by atoms with Crippen molar-refractivity contribution in [1.29, 1.82) is 0 Å². The largest absolute Gasteiger partial charge is 0.480 e. The first-order valence-electron chi connectivity index (χ1n) is 5.53. The summed E-state index contributed by atoms with van der Waals surface area (Å²) in [5.74, 6) is -1.31. The van der Waals surface area contributed by atoms with Crippen molar-refractivity contribution in [3.8, 4) is 0 Å². The lowest BCUT2D eigenvalue weighted by Gasteiger charge is -2.21. The number of carboxylic acid groups (broad SMARTS) is 1. The van der Waals surface area contributed by atoms with Gasteiger partial charge in [0.15, 0.2) is 0 Å². The molecule has 0 radical (unpaired) electrons. The Morgan fingerprint density at radius 1 is 1.41 bits per heavy atom. The zero-order valence-corrected chi connectivity index (χ0v) is 9.29. The molecule has 2 amide bonds. The van der Waals surface area contributed by atoms with Crippen LogP contribution in [-0.4, -0.2) is 65.2 Å². The van der Waals surface area contributed by atoms with E-state index in [0.717, 1.165) is 11.3 Å². The van der Waals surface area contributed by atoms with Gasteiger partial charge in [0.05, 0.1) is 13.1 Å². The quantitative estimate of drug-likeness (QED) is 0.718. The van der Waals surface area contributed by atoms with E-state index in [4.69, 9.17) is 5.11 Å². The fourth-order valence-corrected chi connectivity index (χ4v) is 2.17. The summed E-state index contributed by atoms with van der Waals surface area (Å²) in [6, 6.07) is -0.613. The standard InChI is InChI=1S/C10H14N2O5/c13-8(12-4-5-17-10(12)16)6-11-3-1-2-7(11)9(14)15/h7H,1-6H2,(H,14,15). The van der Waals surface area contributed by atoms with Gasteiger partial charge in [-0.05, 0) is 19.4 Å². The van der Waals surface area contributed by atoms with Crippen LogP contribution in [0.2, 0.25) is 0 Å². The number of aliphatic carboxylic acids is 1. The third-order valence-electron chi connectivity index (χ3n) is 3.05. The maximum atomic E-state index is 11.8. The van der Waals surface area contributed by atoms with Gasteiger partial charge in [0.1, 0.15) is 12.6 Å². The van der Waals surface area contributed by atoms with Crippen LogP contribution in [0.1, 0.15) is 12.8 Å². The first-order chi connectivity index (χ1) is 8.09. The molecule has 2 saturated heterocycles. The number of hydrogen-bond acceptors (Lipinski definition) is 5. The van der Waals surface area contributed by atoms with Crippen molar-refractivity contribution in [2.75, 3.05) is 26.2 Å². The number of nitrogens with zero attached hydrogens (tertiary/aromatic N) is 2. The Morgan fingerprint density at radius 2 is 2.18 bits per heavy atom. The van der Waals surface area contributed by atoms with Crippen LogP contribution < -0.4 is 0 Å². The smallest absolute Gasteiger partial charge is 0.416 e. The molecule has 1 N–H and O–H groups in total. The first kappa shape index (κ1) is 11.8. The Hall–Kier alpha value is -1.63. The second-order valence-electron chi connectivity index (χ2n) is 4.13. The molecule has 0 aromatic heterocycles. The fourth-order valence-electron chi connectivity index (χ4n) is 2.17. The molecule has 2 aliphatic heterocycles. The molecule has 2 fully saturated rings. The summed E-state index contributed by atoms with van der Waals surface area (Å²) < 4.78 is 4.66. The number of ether oxygens (including phenoxy) is 1. The molecule has 2 heterocycles. The second kappa shape index (κ2) is 4.70. The van der Waals surface area contributed by atoms with Crippen molar-refractivity contribution in [2.24, 2.45) is 0 Å². The van der Waals surface area contributed by atoms with Crippen molar-refractivity contribution in [3.05, 3.63) is 0 Å². The van der Waals surface area contributed by atoms with E-state index in [1.165, 1.54) is 0 Å². The lowest BCUT2D eigenvalue weighted by Crippen LogP contribution is -2.44. The van der Waals surface area contributed by atoms with E-state index in [2.05, 4.69) is 4.74 Å². The lowest BCUT2D eigenvalue weighted by molar-refractivity contribution is -0.143. The molecule has 0 bridgehead atoms. The molecule has 2 aliphatic rings. The van der Waals surface area contributed by atoms with Gasteiger partial charge in [0, 0.05) is 0 Å². The normalized spacial score (nSPS) is 25.1. The topological polar surface area (TPSA) is 87.2 Å². The maximum Gasteiger partial charge on any atom is 0.416 e. The molecular weight excluding hydrogens is 228 g/mol. The summed E-state index contributed by atoms with van der Waals surface area (Å²) in [7, 11) is 0. The molecule has 1 atom stereocenters. The zero-order chi connectivity index (χ0) is 12.4. The van der Waals surface area contributed by atoms with Crippen LogP contribution in [0, 0.1) is 0 Å². The Kier molecular flexibility index (Phi) is 3.28. The molecule has 94 valence electrons. The molecule has 0 spiro atoms. The summed E-state index contributed by atoms with van der Waals surface area (Å²) in [6.07, 6.45) is 0.669. The van der Waals surface area contributed by atoms with E-state index in [-0.39, 0.29) is 25.6 Å². The number of rotatable bonds is 3. The van der Waals surface area contributed by atoms with Gasteiger partial charge in [-0.25, -0.2) is 9.69 Å². The Bertz CT molecular complexity index is 357. The summed E-state index contributed by atoms with van der Waals surface area (Å²) in [6.45, 7) is 1.01. The number of likely N-dealkylation sites (tertiary alicyclic amines) is 1. The molecule has 0 aromatic rings. The summed E-state index contributed by atoms with van der Waals surface area (Å²) in [4.78, 5) is 36.5. The first-order valence-corrected chi connectivity index (χ1v) is 5.53. The van der Waals surface area contributed by atoms with Crippen molar-refractivity contribution in [3.63, 3.8) is 0 Å². The Labute approximate surface area is 97.9 Å². The third-order valence-corrected chi connectivity index (χ3v) is 3.05. The minimum atomic E-state index is -0.917. The van der Waals surface area contributed by atoms with Gasteiger partial charge in [-0.1, -0.05) is 0 Å². The van der Waals surface area contributed by atoms with E-state index in [0.29, 0.717) is 13.0 Å². The highest BCUT2D eigenvalue weighted by molar-refractivity contribution is 5.94. The minimum absolute atomic E-state index is 0.0356. The molecule has 0 saturated carbocycles. The molecule has 7 heteroatoms. The molecule has 7 nitrogen and oxygen atoms in total. The van der Waals surface area contributed by atoms with Crippen LogP contribution >= 0.6 is 0 Å². The van der Waals surface area contributed by atoms with Crippen molar-refractivity contribution < 1.29 is 24.2 Å². The summed E-state index contributed by atoms with van der Waals surface area (Å²) in [5.41, 5.74) is 0. The van der Waals surface area contributed by atoms with E-state index in [1.54, 1.807) is 4.90 Å². The molecule has 0 aromatic carbocycles. The van der Waals surface area contributed by atoms with Crippen LogP contribution in [0.4, 0.5) is 4.79 Å². The molecule has 2 rings (SSSR count). The lowest BCUT2D eigenvalue weighted by atomic mass is 10.2. The van der Waals surface area contributed by atoms with Gasteiger partial charge in [-0.15, -0.1) is 0 Å². The van der Waals surface area contributed by atoms with Gasteiger partial charge < -0.3 is 9.84 Å². The van der Waals surface area contributed by atoms with Crippen LogP contribution in [0.15, 0.2) is 0 Å². The predicted molar refractivity (Wildman–Crippen MR) is 55.3 cm³/mol. The second-order valence-corrected chi connectivity index (χ2v) is 4.13. The maximum absolute atomic E-state index is 11.8. The van der Waals surface area contributed by atoms with Crippen LogP contribution in [0.25, 0.3) is 0 Å². The van der Waals surface area contributed by atoms with E-state index < -0.39 is 18.1 Å². The number of carboxylic acids is 1. The van der Waals surface area contributed by atoms with Crippen molar-refractivity contribution in [1.82, 2.24) is 9.80 Å². The summed E-state index contributed by atoms with van der Waals surface area (Å²) in [5, 5.41) is 8.96. The van der Waals surface area contributed by atoms with Crippen molar-refractivity contribution in [2.45, 2.75) is 18.9 Å². The van der Waals surface area contributed by atoms with Gasteiger partial charge in [0.25, 0.3) is 0 Å². The van der Waals surface area contributed by atoms with Gasteiger partial charge in [-0.2, -0.15) is 0 Å². The van der Waals surface area contributed by atoms with Gasteiger partial charge in [0.2, 0.25) is 5.91 Å². The van der Waals surface area contributed by atoms with Gasteiger partial charge in [-0.3, -0.25) is 14.5 Å². The van der Waals surface area contributed by atoms with E-state index >= 15 is 0 Å². The van der Waals surface area contributed by atoms with Gasteiger partial charge >= 0.3 is 12.1 Å². The number of carbonyl (C=O) groups excluding carboxylic acids is 2. The van der Waals surface area contributed by atoms with E-state index in [9.17, 15) is 14.4 Å². The minimum Gasteiger partial charge on any atom is -0.480 e. The number of hydrogen-bond donors (Lipinski definition) is 1. The average Bonchev–Trinajstić information content (AvgIpc) is 2.86. The van der Waals surface area contributed by atoms with E-state index in [1.807, 2.05) is 0 Å². The van der Waals surface area contributed by atoms with Crippen LogP contribution in [0.3, 0.4) is 0 Å². The third kappa shape index (κ3) is 2.38. The fraction of sp³-hybridized carbons (Fsp3) is 0.700. The monoisotopic (exact) mass is 242 g/mol. The molecular formula is C10H14N2O5. The number of amides is 2. The number of cyclic esters (lactones) is 1. The Morgan fingerprint density at radius 3 is 2.76 bits per heavy atom. The number of imide groups is 1. The highest BCUT2D eigenvalue weighted by Gasteiger charge is 2.35. The van der Waals surface area contributed by atoms with Crippen molar-refractivity contribution >= 4 is 18.0 Å². The SMILES string of the molecule is O=C(O)C1CCCN1CC(=O)N1CCOC1=O. The predicted octanol–water partition coefficient (Wildman–Crippen LogP) is -0.486. The number of carbonyl (C=O) groups is 3. The highest BCUT2D eigenvalue weighted by atomic mass is 16.6. The van der Waals surface area contributed by atoms with Crippen LogP contribution in [0.5, 0.6) is 0 Å². The summed E-state index contributed by atoms with van der Waals surface area (Å²) >= 11 is 0.